The van der Waals surface area contributed by atoms with Crippen LogP contribution in [0.5, 0.6) is 0 Å². The maximum Gasteiger partial charge on any atom is 0.434 e. The highest BCUT2D eigenvalue weighted by molar-refractivity contribution is 14.0. The number of hydrogen-bond acceptors (Lipinski definition) is 4. The Morgan fingerprint density at radius 2 is 2.00 bits per heavy atom. The lowest BCUT2D eigenvalue weighted by molar-refractivity contribution is -0.140. The molecule has 0 saturated heterocycles. The number of carbonyl (C=O) groups excluding carboxylic acids is 1. The summed E-state index contributed by atoms with van der Waals surface area (Å²) in [5, 5.41) is 10.2. The smallest absolute Gasteiger partial charge is 0.356 e. The lowest BCUT2D eigenvalue weighted by Gasteiger charge is -2.22. The number of thiazole rings is 1. The molecule has 3 N–H and O–H groups in total. The fraction of sp³-hybridized carbons (Fsp3) is 0.688. The van der Waals surface area contributed by atoms with Gasteiger partial charge in [0, 0.05) is 31.4 Å². The number of amides is 1. The quantitative estimate of drug-likeness (QED) is 0.307. The minimum Gasteiger partial charge on any atom is -0.356 e. The number of nitrogens with zero attached hydrogens (tertiary/aromatic N) is 2. The van der Waals surface area contributed by atoms with Crippen molar-refractivity contribution in [3.63, 3.8) is 0 Å². The summed E-state index contributed by atoms with van der Waals surface area (Å²) in [7, 11) is 1.56. The molecule has 1 fully saturated rings. The Balaban J connectivity index is 0.00000364. The fourth-order valence-electron chi connectivity index (χ4n) is 2.74. The van der Waals surface area contributed by atoms with Gasteiger partial charge in [0.15, 0.2) is 11.7 Å². The van der Waals surface area contributed by atoms with Gasteiger partial charge in [-0.1, -0.05) is 19.3 Å². The van der Waals surface area contributed by atoms with Crippen molar-refractivity contribution in [3.05, 3.63) is 16.1 Å². The first kappa shape index (κ1) is 23.9. The molecule has 0 radical (unpaired) electrons. The van der Waals surface area contributed by atoms with Crippen LogP contribution in [-0.4, -0.2) is 36.5 Å². The Hall–Kier alpha value is -1.11. The zero-order valence-corrected chi connectivity index (χ0v) is 18.2. The van der Waals surface area contributed by atoms with E-state index >= 15 is 0 Å². The van der Waals surface area contributed by atoms with Crippen LogP contribution in [0.1, 0.15) is 49.2 Å². The summed E-state index contributed by atoms with van der Waals surface area (Å²) in [5.41, 5.74) is -0.887. The molecule has 6 nitrogen and oxygen atoms in total. The highest BCUT2D eigenvalue weighted by Crippen LogP contribution is 2.29. The van der Waals surface area contributed by atoms with Crippen LogP contribution in [0.15, 0.2) is 10.4 Å². The van der Waals surface area contributed by atoms with Gasteiger partial charge in [-0.3, -0.25) is 9.79 Å². The number of guanidine groups is 1. The lowest BCUT2D eigenvalue weighted by Crippen LogP contribution is -2.41. The first-order chi connectivity index (χ1) is 12.4. The number of nitrogens with one attached hydrogen (secondary N) is 3. The minimum atomic E-state index is -4.43. The Labute approximate surface area is 177 Å². The first-order valence-corrected chi connectivity index (χ1v) is 9.52. The van der Waals surface area contributed by atoms with Gasteiger partial charge in [-0.25, -0.2) is 4.98 Å². The van der Waals surface area contributed by atoms with E-state index in [1.807, 2.05) is 0 Å². The maximum absolute atomic E-state index is 12.5. The van der Waals surface area contributed by atoms with Gasteiger partial charge in [-0.15, -0.1) is 35.3 Å². The van der Waals surface area contributed by atoms with Crippen molar-refractivity contribution in [1.82, 2.24) is 20.9 Å². The molecule has 1 aromatic heterocycles. The molecule has 11 heteroatoms. The SMILES string of the molecule is CN=C(NCCC(=O)NC1CCCCC1)NCc1nc(C(F)(F)F)cs1.I. The summed E-state index contributed by atoms with van der Waals surface area (Å²) >= 11 is 0.937. The topological polar surface area (TPSA) is 78.4 Å². The minimum absolute atomic E-state index is 0. The van der Waals surface area contributed by atoms with Crippen LogP contribution in [0.25, 0.3) is 0 Å². The van der Waals surface area contributed by atoms with Gasteiger partial charge in [-0.2, -0.15) is 13.2 Å². The molecule has 0 unspecified atom stereocenters. The van der Waals surface area contributed by atoms with Crippen molar-refractivity contribution in [2.45, 2.75) is 57.3 Å². The van der Waals surface area contributed by atoms with Crippen molar-refractivity contribution in [1.29, 1.82) is 0 Å². The van der Waals surface area contributed by atoms with E-state index in [1.54, 1.807) is 7.05 Å². The number of halogens is 4. The predicted octanol–water partition coefficient (Wildman–Crippen LogP) is 3.28. The number of rotatable bonds is 6. The van der Waals surface area contributed by atoms with Crippen molar-refractivity contribution in [2.75, 3.05) is 13.6 Å². The number of alkyl halides is 3. The average Bonchev–Trinajstić information content (AvgIpc) is 3.08. The number of aliphatic imine (C=N–C) groups is 1. The first-order valence-electron chi connectivity index (χ1n) is 8.64. The van der Waals surface area contributed by atoms with E-state index in [9.17, 15) is 18.0 Å². The van der Waals surface area contributed by atoms with Gasteiger partial charge in [0.25, 0.3) is 0 Å². The molecule has 0 bridgehead atoms. The summed E-state index contributed by atoms with van der Waals surface area (Å²) in [6.07, 6.45) is 1.51. The van der Waals surface area contributed by atoms with Gasteiger partial charge in [0.2, 0.25) is 5.91 Å². The van der Waals surface area contributed by atoms with Gasteiger partial charge in [-0.05, 0) is 12.8 Å². The van der Waals surface area contributed by atoms with E-state index < -0.39 is 11.9 Å². The van der Waals surface area contributed by atoms with E-state index in [-0.39, 0.29) is 42.5 Å². The molecule has 1 aliphatic rings. The fourth-order valence-corrected chi connectivity index (χ4v) is 3.48. The van der Waals surface area contributed by atoms with Crippen LogP contribution in [0.2, 0.25) is 0 Å². The molecule has 0 aliphatic heterocycles. The standard InChI is InChI=1S/C16H24F3N5OS.HI/c1-20-15(22-9-14-24-12(10-26-14)16(17,18)19)21-8-7-13(25)23-11-5-3-2-4-6-11;/h10-11H,2-9H2,1H3,(H,23,25)(H2,20,21,22);1H. The summed E-state index contributed by atoms with van der Waals surface area (Å²) in [4.78, 5) is 19.5. The Bertz CT molecular complexity index is 617. The Morgan fingerprint density at radius 1 is 1.30 bits per heavy atom. The van der Waals surface area contributed by atoms with Crippen LogP contribution in [0.3, 0.4) is 0 Å². The molecule has 0 aromatic carbocycles. The third kappa shape index (κ3) is 8.62. The molecule has 0 spiro atoms. The van der Waals surface area contributed by atoms with Crippen LogP contribution in [0, 0.1) is 0 Å². The van der Waals surface area contributed by atoms with Crippen molar-refractivity contribution < 1.29 is 18.0 Å². The van der Waals surface area contributed by atoms with E-state index in [1.165, 1.54) is 6.42 Å². The maximum atomic E-state index is 12.5. The largest absolute Gasteiger partial charge is 0.434 e. The molecule has 154 valence electrons. The third-order valence-electron chi connectivity index (χ3n) is 4.09. The third-order valence-corrected chi connectivity index (χ3v) is 4.94. The van der Waals surface area contributed by atoms with E-state index in [0.717, 1.165) is 42.4 Å². The predicted molar refractivity (Wildman–Crippen MR) is 110 cm³/mol. The van der Waals surface area contributed by atoms with E-state index in [4.69, 9.17) is 0 Å². The average molecular weight is 519 g/mol. The molecular weight excluding hydrogens is 494 g/mol. The summed E-state index contributed by atoms with van der Waals surface area (Å²) in [5.74, 6) is 0.411. The summed E-state index contributed by atoms with van der Waals surface area (Å²) < 4.78 is 37.6. The molecule has 1 aliphatic carbocycles. The van der Waals surface area contributed by atoms with Crippen LogP contribution >= 0.6 is 35.3 Å². The Kier molecular flexibility index (Phi) is 10.3. The van der Waals surface area contributed by atoms with Crippen molar-refractivity contribution in [2.24, 2.45) is 4.99 Å². The molecule has 1 saturated carbocycles. The molecule has 1 heterocycles. The van der Waals surface area contributed by atoms with Crippen LogP contribution in [-0.2, 0) is 17.5 Å². The Morgan fingerprint density at radius 3 is 2.59 bits per heavy atom. The van der Waals surface area contributed by atoms with Gasteiger partial charge < -0.3 is 16.0 Å². The van der Waals surface area contributed by atoms with Crippen LogP contribution in [0.4, 0.5) is 13.2 Å². The number of carbonyl (C=O) groups is 1. The van der Waals surface area contributed by atoms with Crippen molar-refractivity contribution in [3.8, 4) is 0 Å². The van der Waals surface area contributed by atoms with Crippen LogP contribution < -0.4 is 16.0 Å². The lowest BCUT2D eigenvalue weighted by atomic mass is 9.95. The van der Waals surface area contributed by atoms with Gasteiger partial charge in [0.05, 0.1) is 6.54 Å². The number of aromatic nitrogens is 1. The zero-order valence-electron chi connectivity index (χ0n) is 15.1. The normalized spacial score (nSPS) is 15.8. The zero-order chi connectivity index (χ0) is 19.0. The molecule has 1 aromatic rings. The molecule has 27 heavy (non-hydrogen) atoms. The second kappa shape index (κ2) is 11.7. The van der Waals surface area contributed by atoms with Crippen molar-refractivity contribution >= 4 is 47.2 Å². The van der Waals surface area contributed by atoms with Gasteiger partial charge in [0.1, 0.15) is 5.01 Å². The second-order valence-electron chi connectivity index (χ2n) is 6.13. The highest BCUT2D eigenvalue weighted by atomic mass is 127. The molecule has 0 atom stereocenters. The summed E-state index contributed by atoms with van der Waals surface area (Å²) in [6, 6.07) is 0.279. The summed E-state index contributed by atoms with van der Waals surface area (Å²) in [6.45, 7) is 0.526. The molecule has 1 amide bonds. The monoisotopic (exact) mass is 519 g/mol. The second-order valence-corrected chi connectivity index (χ2v) is 7.07. The highest BCUT2D eigenvalue weighted by Gasteiger charge is 2.33. The van der Waals surface area contributed by atoms with E-state index in [2.05, 4.69) is 25.9 Å². The number of hydrogen-bond donors (Lipinski definition) is 3. The van der Waals surface area contributed by atoms with E-state index in [0.29, 0.717) is 23.9 Å². The van der Waals surface area contributed by atoms with Gasteiger partial charge >= 0.3 is 6.18 Å². The molecular formula is C16H25F3IN5OS. The molecule has 2 rings (SSSR count).